The van der Waals surface area contributed by atoms with E-state index >= 15 is 0 Å². The van der Waals surface area contributed by atoms with Gasteiger partial charge >= 0.3 is 0 Å². The second-order valence-electron chi connectivity index (χ2n) is 5.10. The van der Waals surface area contributed by atoms with Crippen molar-refractivity contribution in [2.24, 2.45) is 0 Å². The molecule has 0 amide bonds. The largest absolute Gasteiger partial charge is 0.359 e. The minimum Gasteiger partial charge on any atom is -0.359 e. The Bertz CT molecular complexity index is 589. The van der Waals surface area contributed by atoms with E-state index in [0.29, 0.717) is 41.9 Å². The van der Waals surface area contributed by atoms with Gasteiger partial charge < -0.3 is 4.74 Å². The molecule has 0 aliphatic carbocycles. The Hall–Kier alpha value is -0.470. The molecule has 0 bridgehead atoms. The Labute approximate surface area is 127 Å². The highest BCUT2D eigenvalue weighted by Gasteiger charge is 2.41. The first-order valence-corrected chi connectivity index (χ1v) is 8.91. The quantitative estimate of drug-likeness (QED) is 0.869. The van der Waals surface area contributed by atoms with Crippen LogP contribution in [0.1, 0.15) is 12.8 Å². The SMILES string of the molecule is O=S(=O)(c1ccccc1Br)N1CCC2(CC1)NCCO2. The summed E-state index contributed by atoms with van der Waals surface area (Å²) in [6.07, 6.45) is 1.38. The molecule has 0 unspecified atom stereocenters. The molecule has 5 nitrogen and oxygen atoms in total. The molecule has 1 N–H and O–H groups in total. The van der Waals surface area contributed by atoms with Crippen molar-refractivity contribution >= 4 is 26.0 Å². The first-order chi connectivity index (χ1) is 9.54. The van der Waals surface area contributed by atoms with Crippen molar-refractivity contribution in [1.82, 2.24) is 9.62 Å². The number of benzene rings is 1. The third-order valence-electron chi connectivity index (χ3n) is 3.91. The zero-order chi connectivity index (χ0) is 14.2. The summed E-state index contributed by atoms with van der Waals surface area (Å²) in [7, 11) is -3.44. The fourth-order valence-electron chi connectivity index (χ4n) is 2.78. The molecule has 1 spiro atoms. The summed E-state index contributed by atoms with van der Waals surface area (Å²) >= 11 is 3.32. The number of sulfonamides is 1. The van der Waals surface area contributed by atoms with E-state index in [4.69, 9.17) is 4.74 Å². The van der Waals surface area contributed by atoms with E-state index in [2.05, 4.69) is 21.2 Å². The van der Waals surface area contributed by atoms with E-state index in [1.54, 1.807) is 22.5 Å². The van der Waals surface area contributed by atoms with Crippen LogP contribution in [0.5, 0.6) is 0 Å². The lowest BCUT2D eigenvalue weighted by molar-refractivity contribution is -0.0445. The van der Waals surface area contributed by atoms with Gasteiger partial charge in [-0.15, -0.1) is 0 Å². The van der Waals surface area contributed by atoms with Gasteiger partial charge in [0, 0.05) is 36.9 Å². The average Bonchev–Trinajstić information content (AvgIpc) is 2.88. The molecule has 2 aliphatic rings. The van der Waals surface area contributed by atoms with Crippen molar-refractivity contribution in [3.8, 4) is 0 Å². The van der Waals surface area contributed by atoms with Crippen LogP contribution in [0.2, 0.25) is 0 Å². The number of piperidine rings is 1. The lowest BCUT2D eigenvalue weighted by Crippen LogP contribution is -2.52. The van der Waals surface area contributed by atoms with Crippen LogP contribution in [0.4, 0.5) is 0 Å². The van der Waals surface area contributed by atoms with Gasteiger partial charge in [0.25, 0.3) is 0 Å². The molecular formula is C13H17BrN2O3S. The molecule has 20 heavy (non-hydrogen) atoms. The third-order valence-corrected chi connectivity index (χ3v) is 6.82. The van der Waals surface area contributed by atoms with Crippen molar-refractivity contribution < 1.29 is 13.2 Å². The number of nitrogens with one attached hydrogen (secondary N) is 1. The van der Waals surface area contributed by atoms with Crippen LogP contribution in [0.15, 0.2) is 33.6 Å². The zero-order valence-corrected chi connectivity index (χ0v) is 13.4. The maximum absolute atomic E-state index is 12.6. The summed E-state index contributed by atoms with van der Waals surface area (Å²) in [6, 6.07) is 6.93. The Morgan fingerprint density at radius 2 is 1.95 bits per heavy atom. The Morgan fingerprint density at radius 3 is 2.55 bits per heavy atom. The van der Waals surface area contributed by atoms with Crippen molar-refractivity contribution in [3.63, 3.8) is 0 Å². The fourth-order valence-corrected chi connectivity index (χ4v) is 5.18. The molecule has 0 radical (unpaired) electrons. The van der Waals surface area contributed by atoms with Gasteiger partial charge in [0.1, 0.15) is 5.72 Å². The summed E-state index contributed by atoms with van der Waals surface area (Å²) in [5, 5.41) is 3.34. The highest BCUT2D eigenvalue weighted by atomic mass is 79.9. The van der Waals surface area contributed by atoms with Crippen LogP contribution in [0.25, 0.3) is 0 Å². The Morgan fingerprint density at radius 1 is 1.25 bits per heavy atom. The maximum atomic E-state index is 12.6. The molecular weight excluding hydrogens is 344 g/mol. The van der Waals surface area contributed by atoms with E-state index in [0.717, 1.165) is 6.54 Å². The van der Waals surface area contributed by atoms with Gasteiger partial charge in [0.2, 0.25) is 10.0 Å². The highest BCUT2D eigenvalue weighted by Crippen LogP contribution is 2.31. The lowest BCUT2D eigenvalue weighted by atomic mass is 10.0. The van der Waals surface area contributed by atoms with E-state index in [1.807, 2.05) is 6.07 Å². The first-order valence-electron chi connectivity index (χ1n) is 6.67. The van der Waals surface area contributed by atoms with Crippen LogP contribution in [-0.2, 0) is 14.8 Å². The molecule has 2 fully saturated rings. The molecule has 1 aromatic rings. The number of hydrogen-bond donors (Lipinski definition) is 1. The van der Waals surface area contributed by atoms with Crippen molar-refractivity contribution in [2.75, 3.05) is 26.2 Å². The Kier molecular flexibility index (Phi) is 3.89. The van der Waals surface area contributed by atoms with Gasteiger partial charge in [-0.2, -0.15) is 4.31 Å². The number of halogens is 1. The van der Waals surface area contributed by atoms with E-state index < -0.39 is 10.0 Å². The number of ether oxygens (including phenoxy) is 1. The zero-order valence-electron chi connectivity index (χ0n) is 11.0. The van der Waals surface area contributed by atoms with Gasteiger partial charge in [0.15, 0.2) is 0 Å². The monoisotopic (exact) mass is 360 g/mol. The fraction of sp³-hybridized carbons (Fsp3) is 0.538. The maximum Gasteiger partial charge on any atom is 0.244 e. The van der Waals surface area contributed by atoms with Crippen LogP contribution in [0.3, 0.4) is 0 Å². The van der Waals surface area contributed by atoms with Gasteiger partial charge in [-0.3, -0.25) is 5.32 Å². The standard InChI is InChI=1S/C13H17BrN2O3S/c14-11-3-1-2-4-12(11)20(17,18)16-8-5-13(6-9-16)15-7-10-19-13/h1-4,15H,5-10H2. The second-order valence-corrected chi connectivity index (χ2v) is 7.86. The third kappa shape index (κ3) is 2.53. The number of nitrogens with zero attached hydrogens (tertiary/aromatic N) is 1. The molecule has 2 saturated heterocycles. The van der Waals surface area contributed by atoms with E-state index in [-0.39, 0.29) is 5.72 Å². The highest BCUT2D eigenvalue weighted by molar-refractivity contribution is 9.10. The smallest absolute Gasteiger partial charge is 0.244 e. The van der Waals surface area contributed by atoms with Gasteiger partial charge in [-0.25, -0.2) is 8.42 Å². The van der Waals surface area contributed by atoms with Gasteiger partial charge in [-0.1, -0.05) is 12.1 Å². The number of hydrogen-bond acceptors (Lipinski definition) is 4. The van der Waals surface area contributed by atoms with E-state index in [1.165, 1.54) is 0 Å². The first kappa shape index (κ1) is 14.5. The van der Waals surface area contributed by atoms with Crippen LogP contribution in [0, 0.1) is 0 Å². The predicted octanol–water partition coefficient (Wildman–Crippen LogP) is 1.55. The van der Waals surface area contributed by atoms with Crippen molar-refractivity contribution in [2.45, 2.75) is 23.5 Å². The number of rotatable bonds is 2. The van der Waals surface area contributed by atoms with Crippen molar-refractivity contribution in [3.05, 3.63) is 28.7 Å². The van der Waals surface area contributed by atoms with Crippen LogP contribution in [-0.4, -0.2) is 44.7 Å². The summed E-state index contributed by atoms with van der Waals surface area (Å²) in [5.41, 5.74) is -0.306. The van der Waals surface area contributed by atoms with Crippen molar-refractivity contribution in [1.29, 1.82) is 0 Å². The predicted molar refractivity (Wildman–Crippen MR) is 78.8 cm³/mol. The minimum atomic E-state index is -3.44. The molecule has 7 heteroatoms. The molecule has 110 valence electrons. The van der Waals surface area contributed by atoms with Crippen LogP contribution >= 0.6 is 15.9 Å². The molecule has 2 aliphatic heterocycles. The normalized spacial score (nSPS) is 23.2. The summed E-state index contributed by atoms with van der Waals surface area (Å²) in [6.45, 7) is 2.52. The van der Waals surface area contributed by atoms with Gasteiger partial charge in [0.05, 0.1) is 11.5 Å². The van der Waals surface area contributed by atoms with Gasteiger partial charge in [-0.05, 0) is 28.1 Å². The average molecular weight is 361 g/mol. The molecule has 1 aromatic carbocycles. The molecule has 0 atom stereocenters. The Balaban J connectivity index is 1.79. The van der Waals surface area contributed by atoms with Crippen LogP contribution < -0.4 is 5.32 Å². The van der Waals surface area contributed by atoms with E-state index in [9.17, 15) is 8.42 Å². The minimum absolute atomic E-state index is 0.306. The molecule has 3 rings (SSSR count). The molecule has 2 heterocycles. The molecule has 0 saturated carbocycles. The summed E-state index contributed by atoms with van der Waals surface area (Å²) in [5.74, 6) is 0. The topological polar surface area (TPSA) is 58.6 Å². The summed E-state index contributed by atoms with van der Waals surface area (Å²) < 4.78 is 33.2. The lowest BCUT2D eigenvalue weighted by Gasteiger charge is -2.37. The second kappa shape index (κ2) is 5.38. The molecule has 0 aromatic heterocycles. The summed E-state index contributed by atoms with van der Waals surface area (Å²) in [4.78, 5) is 0.330.